The smallest absolute Gasteiger partial charge is 0.250 e. The van der Waals surface area contributed by atoms with E-state index in [2.05, 4.69) is 10.6 Å². The van der Waals surface area contributed by atoms with Crippen LogP contribution in [0.3, 0.4) is 0 Å². The summed E-state index contributed by atoms with van der Waals surface area (Å²) in [4.78, 5) is 40.7. The van der Waals surface area contributed by atoms with Gasteiger partial charge in [-0.15, -0.1) is 0 Å². The first-order valence-electron chi connectivity index (χ1n) is 9.54. The molecular formula is C20H24FN3O4. The topological polar surface area (TPSA) is 87.7 Å². The highest BCUT2D eigenvalue weighted by Crippen LogP contribution is 2.53. The fraction of sp³-hybridized carbons (Fsp3) is 0.550. The second kappa shape index (κ2) is 6.63. The minimum absolute atomic E-state index is 0.142. The molecule has 8 heteroatoms. The molecule has 150 valence electrons. The first-order valence-corrected chi connectivity index (χ1v) is 9.54. The lowest BCUT2D eigenvalue weighted by Gasteiger charge is -2.29. The van der Waals surface area contributed by atoms with Gasteiger partial charge in [-0.05, 0) is 30.5 Å². The molecular weight excluding hydrogens is 365 g/mol. The monoisotopic (exact) mass is 389 g/mol. The number of carbonyl (C=O) groups excluding carboxylic acids is 3. The molecule has 0 aliphatic carbocycles. The summed E-state index contributed by atoms with van der Waals surface area (Å²) in [6, 6.07) is 3.69. The Morgan fingerprint density at radius 1 is 1.25 bits per heavy atom. The maximum Gasteiger partial charge on any atom is 0.250 e. The summed E-state index contributed by atoms with van der Waals surface area (Å²) in [5.74, 6) is -2.91. The predicted octanol–water partition coefficient (Wildman–Crippen LogP) is 1.24. The van der Waals surface area contributed by atoms with Gasteiger partial charge in [-0.2, -0.15) is 0 Å². The quantitative estimate of drug-likeness (QED) is 0.740. The van der Waals surface area contributed by atoms with E-state index in [0.717, 1.165) is 0 Å². The van der Waals surface area contributed by atoms with Gasteiger partial charge in [0, 0.05) is 24.4 Å². The Morgan fingerprint density at radius 2 is 2.00 bits per heavy atom. The first-order chi connectivity index (χ1) is 13.3. The molecule has 0 aromatic heterocycles. The molecule has 2 N–H and O–H groups in total. The number of rotatable bonds is 5. The normalized spacial score (nSPS) is 31.1. The van der Waals surface area contributed by atoms with Gasteiger partial charge >= 0.3 is 0 Å². The van der Waals surface area contributed by atoms with Crippen molar-refractivity contribution in [3.8, 4) is 0 Å². The average molecular weight is 389 g/mol. The van der Waals surface area contributed by atoms with E-state index in [4.69, 9.17) is 4.74 Å². The van der Waals surface area contributed by atoms with Gasteiger partial charge in [-0.3, -0.25) is 24.6 Å². The van der Waals surface area contributed by atoms with Crippen LogP contribution in [-0.2, 0) is 24.7 Å². The summed E-state index contributed by atoms with van der Waals surface area (Å²) in [5, 5.41) is 6.05. The van der Waals surface area contributed by atoms with Crippen LogP contribution in [0.15, 0.2) is 18.2 Å². The number of imide groups is 1. The van der Waals surface area contributed by atoms with E-state index in [9.17, 15) is 18.8 Å². The number of carbonyl (C=O) groups is 3. The number of benzene rings is 1. The Kier molecular flexibility index (Phi) is 4.50. The van der Waals surface area contributed by atoms with Crippen LogP contribution in [0.4, 0.5) is 10.1 Å². The van der Waals surface area contributed by atoms with Gasteiger partial charge in [-0.1, -0.05) is 13.8 Å². The van der Waals surface area contributed by atoms with Crippen LogP contribution in [0, 0.1) is 23.6 Å². The van der Waals surface area contributed by atoms with Crippen molar-refractivity contribution in [1.82, 2.24) is 10.2 Å². The SMILES string of the molecule is COCCN1C(=O)[C@H]2C(CC(C)C)NC3(C(=O)Nc4ccc(F)cc43)[C@H]2C1=O. The van der Waals surface area contributed by atoms with Crippen LogP contribution < -0.4 is 10.6 Å². The molecule has 3 aliphatic rings. The fourth-order valence-electron chi connectivity index (χ4n) is 4.95. The molecule has 2 saturated heterocycles. The van der Waals surface area contributed by atoms with Crippen molar-refractivity contribution in [1.29, 1.82) is 0 Å². The maximum absolute atomic E-state index is 14.0. The molecule has 1 spiro atoms. The Labute approximate surface area is 162 Å². The van der Waals surface area contributed by atoms with Gasteiger partial charge in [-0.25, -0.2) is 4.39 Å². The zero-order valence-electron chi connectivity index (χ0n) is 16.1. The summed E-state index contributed by atoms with van der Waals surface area (Å²) in [5.41, 5.74) is -0.567. The Morgan fingerprint density at radius 3 is 2.68 bits per heavy atom. The van der Waals surface area contributed by atoms with Crippen molar-refractivity contribution in [3.63, 3.8) is 0 Å². The molecule has 0 bridgehead atoms. The van der Waals surface area contributed by atoms with Gasteiger partial charge in [0.2, 0.25) is 17.7 Å². The van der Waals surface area contributed by atoms with E-state index in [1.807, 2.05) is 13.8 Å². The highest BCUT2D eigenvalue weighted by atomic mass is 19.1. The van der Waals surface area contributed by atoms with Crippen molar-refractivity contribution < 1.29 is 23.5 Å². The number of likely N-dealkylation sites (tertiary alicyclic amines) is 1. The van der Waals surface area contributed by atoms with Crippen LogP contribution in [-0.4, -0.2) is 48.9 Å². The zero-order chi connectivity index (χ0) is 20.2. The molecule has 3 amide bonds. The maximum atomic E-state index is 14.0. The number of amides is 3. The highest BCUT2D eigenvalue weighted by molar-refractivity contribution is 6.15. The first kappa shape index (κ1) is 19.0. The number of methoxy groups -OCH3 is 1. The average Bonchev–Trinajstić information content (AvgIpc) is 3.19. The predicted molar refractivity (Wildman–Crippen MR) is 98.7 cm³/mol. The van der Waals surface area contributed by atoms with Crippen molar-refractivity contribution in [2.75, 3.05) is 25.6 Å². The summed E-state index contributed by atoms with van der Waals surface area (Å²) in [6.07, 6.45) is 0.623. The summed E-state index contributed by atoms with van der Waals surface area (Å²) in [6.45, 7) is 4.41. The molecule has 1 aromatic rings. The van der Waals surface area contributed by atoms with Gasteiger partial charge < -0.3 is 10.1 Å². The minimum Gasteiger partial charge on any atom is -0.383 e. The lowest BCUT2D eigenvalue weighted by molar-refractivity contribution is -0.143. The molecule has 4 atom stereocenters. The van der Waals surface area contributed by atoms with E-state index >= 15 is 0 Å². The molecule has 3 aliphatic heterocycles. The summed E-state index contributed by atoms with van der Waals surface area (Å²) < 4.78 is 19.1. The number of anilines is 1. The van der Waals surface area contributed by atoms with Gasteiger partial charge in [0.25, 0.3) is 0 Å². The molecule has 28 heavy (non-hydrogen) atoms. The van der Waals surface area contributed by atoms with E-state index in [1.54, 1.807) is 0 Å². The number of hydrogen-bond acceptors (Lipinski definition) is 5. The number of nitrogens with one attached hydrogen (secondary N) is 2. The number of ether oxygens (including phenoxy) is 1. The molecule has 4 rings (SSSR count). The van der Waals surface area contributed by atoms with Gasteiger partial charge in [0.1, 0.15) is 11.4 Å². The largest absolute Gasteiger partial charge is 0.383 e. The summed E-state index contributed by atoms with van der Waals surface area (Å²) >= 11 is 0. The van der Waals surface area contributed by atoms with Crippen molar-refractivity contribution in [2.24, 2.45) is 17.8 Å². The third kappa shape index (κ3) is 2.51. The third-order valence-electron chi connectivity index (χ3n) is 6.01. The van der Waals surface area contributed by atoms with Crippen LogP contribution in [0.25, 0.3) is 0 Å². The molecule has 3 heterocycles. The van der Waals surface area contributed by atoms with Gasteiger partial charge in [0.05, 0.1) is 25.0 Å². The zero-order valence-corrected chi connectivity index (χ0v) is 16.1. The second-order valence-corrected chi connectivity index (χ2v) is 8.16. The number of halogens is 1. The lowest BCUT2D eigenvalue weighted by atomic mass is 9.76. The summed E-state index contributed by atoms with van der Waals surface area (Å²) in [7, 11) is 1.50. The van der Waals surface area contributed by atoms with E-state index < -0.39 is 35.0 Å². The van der Waals surface area contributed by atoms with Crippen LogP contribution in [0.1, 0.15) is 25.8 Å². The van der Waals surface area contributed by atoms with E-state index in [1.165, 1.54) is 30.2 Å². The Balaban J connectivity index is 1.84. The molecule has 0 saturated carbocycles. The number of hydrogen-bond donors (Lipinski definition) is 2. The molecule has 7 nitrogen and oxygen atoms in total. The van der Waals surface area contributed by atoms with Gasteiger partial charge in [0.15, 0.2) is 0 Å². The van der Waals surface area contributed by atoms with Crippen LogP contribution in [0.5, 0.6) is 0 Å². The highest BCUT2D eigenvalue weighted by Gasteiger charge is 2.70. The van der Waals surface area contributed by atoms with E-state index in [0.29, 0.717) is 17.7 Å². The Bertz CT molecular complexity index is 858. The van der Waals surface area contributed by atoms with Crippen molar-refractivity contribution in [3.05, 3.63) is 29.6 Å². The molecule has 2 unspecified atom stereocenters. The molecule has 1 aromatic carbocycles. The van der Waals surface area contributed by atoms with Crippen molar-refractivity contribution >= 4 is 23.4 Å². The van der Waals surface area contributed by atoms with Crippen LogP contribution in [0.2, 0.25) is 0 Å². The fourth-order valence-corrected chi connectivity index (χ4v) is 4.95. The van der Waals surface area contributed by atoms with E-state index in [-0.39, 0.29) is 31.0 Å². The molecule has 2 fully saturated rings. The van der Waals surface area contributed by atoms with Crippen LogP contribution >= 0.6 is 0 Å². The standard InChI is InChI=1S/C20H24FN3O4/c1-10(2)8-14-15-16(18(26)24(17(15)25)6-7-28-3)20(23-14)12-9-11(21)4-5-13(12)22-19(20)27/h4-5,9-10,14-16,23H,6-8H2,1-3H3,(H,22,27)/t14?,15-,16+,20?/m0/s1. The minimum atomic E-state index is -1.43. The Hall–Kier alpha value is -2.32. The van der Waals surface area contributed by atoms with Crippen molar-refractivity contribution in [2.45, 2.75) is 31.8 Å². The lowest BCUT2D eigenvalue weighted by Crippen LogP contribution is -2.53. The number of fused-ring (bicyclic) bond motifs is 4. The molecule has 0 radical (unpaired) electrons. The third-order valence-corrected chi connectivity index (χ3v) is 6.01. The second-order valence-electron chi connectivity index (χ2n) is 8.16. The number of nitrogens with zero attached hydrogens (tertiary/aromatic N) is 1.